The number of hydroxylamine groups is 2. The largest absolute Gasteiger partial charge is 0.341 e. The van der Waals surface area contributed by atoms with Gasteiger partial charge in [-0.3, -0.25) is 14.5 Å². The van der Waals surface area contributed by atoms with E-state index in [0.717, 1.165) is 57.5 Å². The van der Waals surface area contributed by atoms with Crippen molar-refractivity contribution in [3.05, 3.63) is 35.6 Å². The number of amides is 1. The van der Waals surface area contributed by atoms with Gasteiger partial charge >= 0.3 is 0 Å². The topological polar surface area (TPSA) is 36.0 Å². The first-order valence-electron chi connectivity index (χ1n) is 9.73. The van der Waals surface area contributed by atoms with Crippen molar-refractivity contribution in [2.75, 3.05) is 39.8 Å². The number of nitrogens with zero attached hydrogens (tertiary/aromatic N) is 3. The lowest BCUT2D eigenvalue weighted by atomic mass is 10.0. The van der Waals surface area contributed by atoms with Gasteiger partial charge in [0.15, 0.2) is 0 Å². The lowest BCUT2D eigenvalue weighted by Gasteiger charge is -2.38. The molecule has 6 heteroatoms. The van der Waals surface area contributed by atoms with Crippen molar-refractivity contribution in [3.63, 3.8) is 0 Å². The molecular formula is C20H30FN3O2. The minimum atomic E-state index is -0.152. The van der Waals surface area contributed by atoms with Gasteiger partial charge in [-0.15, -0.1) is 0 Å². The predicted octanol–water partition coefficient (Wildman–Crippen LogP) is 2.67. The van der Waals surface area contributed by atoms with Crippen molar-refractivity contribution in [2.45, 2.75) is 44.7 Å². The molecule has 0 radical (unpaired) electrons. The zero-order valence-electron chi connectivity index (χ0n) is 15.7. The van der Waals surface area contributed by atoms with Gasteiger partial charge in [-0.05, 0) is 38.3 Å². The number of benzene rings is 1. The Labute approximate surface area is 155 Å². The number of hydrogen-bond acceptors (Lipinski definition) is 4. The Morgan fingerprint density at radius 1 is 1.27 bits per heavy atom. The number of rotatable bonds is 6. The maximum Gasteiger partial charge on any atom is 0.223 e. The number of carbonyl (C=O) groups is 1. The summed E-state index contributed by atoms with van der Waals surface area (Å²) in [7, 11) is 1.90. The Balaban J connectivity index is 1.48. The monoisotopic (exact) mass is 363 g/mol. The van der Waals surface area contributed by atoms with Crippen LogP contribution in [0, 0.1) is 5.82 Å². The highest BCUT2D eigenvalue weighted by Crippen LogP contribution is 2.19. The van der Waals surface area contributed by atoms with Gasteiger partial charge in [0.1, 0.15) is 5.82 Å². The van der Waals surface area contributed by atoms with Crippen LogP contribution in [0.2, 0.25) is 0 Å². The van der Waals surface area contributed by atoms with Crippen LogP contribution >= 0.6 is 0 Å². The van der Waals surface area contributed by atoms with Gasteiger partial charge in [0.25, 0.3) is 0 Å². The van der Waals surface area contributed by atoms with E-state index < -0.39 is 0 Å². The molecule has 2 saturated heterocycles. The molecule has 1 amide bonds. The molecule has 1 atom stereocenters. The van der Waals surface area contributed by atoms with Crippen molar-refractivity contribution < 1.29 is 14.0 Å². The first-order chi connectivity index (χ1) is 12.6. The van der Waals surface area contributed by atoms with Gasteiger partial charge in [-0.2, -0.15) is 5.06 Å². The molecule has 0 bridgehead atoms. The second-order valence-corrected chi connectivity index (χ2v) is 7.35. The molecule has 144 valence electrons. The van der Waals surface area contributed by atoms with Crippen LogP contribution < -0.4 is 0 Å². The summed E-state index contributed by atoms with van der Waals surface area (Å²) >= 11 is 0. The summed E-state index contributed by atoms with van der Waals surface area (Å²) in [5.74, 6) is 0.0116. The molecule has 2 aliphatic rings. The number of hydrogen-bond donors (Lipinski definition) is 0. The van der Waals surface area contributed by atoms with Crippen LogP contribution in [0.3, 0.4) is 0 Å². The third-order valence-corrected chi connectivity index (χ3v) is 5.42. The smallest absolute Gasteiger partial charge is 0.223 e. The normalized spacial score (nSPS) is 22.3. The highest BCUT2D eigenvalue weighted by Gasteiger charge is 2.26. The highest BCUT2D eigenvalue weighted by atomic mass is 19.1. The quantitative estimate of drug-likeness (QED) is 0.779. The number of carbonyl (C=O) groups excluding carboxylic acids is 1. The average Bonchev–Trinajstić information content (AvgIpc) is 2.68. The van der Waals surface area contributed by atoms with E-state index in [9.17, 15) is 9.18 Å². The minimum absolute atomic E-state index is 0.152. The van der Waals surface area contributed by atoms with Gasteiger partial charge in [-0.25, -0.2) is 4.39 Å². The number of halogens is 1. The lowest BCUT2D eigenvalue weighted by molar-refractivity contribution is -0.182. The van der Waals surface area contributed by atoms with Crippen LogP contribution in [0.5, 0.6) is 0 Å². The molecular weight excluding hydrogens is 333 g/mol. The third kappa shape index (κ3) is 5.25. The van der Waals surface area contributed by atoms with Crippen LogP contribution in [-0.4, -0.2) is 66.6 Å². The van der Waals surface area contributed by atoms with E-state index in [-0.39, 0.29) is 17.8 Å². The molecule has 1 aromatic rings. The standard InChI is InChI=1S/C20H30FN3O2/c1-22(20(25)10-13-24-12-4-5-14-26-24)18-8-6-11-23(16-18)15-17-7-2-3-9-19(17)21/h2-3,7,9,18H,4-6,8,10-16H2,1H3. The van der Waals surface area contributed by atoms with Gasteiger partial charge in [0.2, 0.25) is 5.91 Å². The summed E-state index contributed by atoms with van der Waals surface area (Å²) in [5, 5.41) is 1.92. The number of piperidine rings is 1. The summed E-state index contributed by atoms with van der Waals surface area (Å²) in [6, 6.07) is 7.14. The number of likely N-dealkylation sites (tertiary alicyclic amines) is 1. The molecule has 26 heavy (non-hydrogen) atoms. The summed E-state index contributed by atoms with van der Waals surface area (Å²) in [4.78, 5) is 22.3. The van der Waals surface area contributed by atoms with Gasteiger partial charge < -0.3 is 4.90 Å². The van der Waals surface area contributed by atoms with Crippen LogP contribution in [0.1, 0.15) is 37.7 Å². The van der Waals surface area contributed by atoms with E-state index in [1.165, 1.54) is 6.07 Å². The van der Waals surface area contributed by atoms with Crippen LogP contribution in [0.25, 0.3) is 0 Å². The van der Waals surface area contributed by atoms with Gasteiger partial charge in [0.05, 0.1) is 6.61 Å². The Bertz CT molecular complexity index is 592. The lowest BCUT2D eigenvalue weighted by Crippen LogP contribution is -2.48. The van der Waals surface area contributed by atoms with Crippen molar-refractivity contribution in [1.82, 2.24) is 14.9 Å². The third-order valence-electron chi connectivity index (χ3n) is 5.42. The molecule has 2 aliphatic heterocycles. The van der Waals surface area contributed by atoms with Crippen molar-refractivity contribution >= 4 is 5.91 Å². The molecule has 3 rings (SSSR count). The first-order valence-corrected chi connectivity index (χ1v) is 9.73. The first kappa shape index (κ1) is 19.3. The summed E-state index contributed by atoms with van der Waals surface area (Å²) in [5.41, 5.74) is 0.726. The minimum Gasteiger partial charge on any atom is -0.341 e. The fourth-order valence-electron chi connectivity index (χ4n) is 3.78. The average molecular weight is 363 g/mol. The maximum atomic E-state index is 13.9. The second-order valence-electron chi connectivity index (χ2n) is 7.35. The molecule has 0 N–H and O–H groups in total. The van der Waals surface area contributed by atoms with Gasteiger partial charge in [-0.1, -0.05) is 18.2 Å². The molecule has 0 aliphatic carbocycles. The van der Waals surface area contributed by atoms with Crippen molar-refractivity contribution in [1.29, 1.82) is 0 Å². The Kier molecular flexibility index (Phi) is 7.00. The van der Waals surface area contributed by atoms with E-state index in [4.69, 9.17) is 4.84 Å². The zero-order valence-corrected chi connectivity index (χ0v) is 15.7. The summed E-state index contributed by atoms with van der Waals surface area (Å²) in [6.45, 7) is 4.70. The SMILES string of the molecule is CN(C(=O)CCN1CCCCO1)C1CCCN(Cc2ccccc2F)C1. The van der Waals surface area contributed by atoms with E-state index in [1.807, 2.05) is 29.1 Å². The molecule has 0 saturated carbocycles. The molecule has 2 fully saturated rings. The van der Waals surface area contributed by atoms with E-state index in [2.05, 4.69) is 4.90 Å². The second kappa shape index (κ2) is 9.44. The fraction of sp³-hybridized carbons (Fsp3) is 0.650. The van der Waals surface area contributed by atoms with E-state index in [0.29, 0.717) is 19.5 Å². The molecule has 1 unspecified atom stereocenters. The van der Waals surface area contributed by atoms with Crippen molar-refractivity contribution in [3.8, 4) is 0 Å². The van der Waals surface area contributed by atoms with Crippen molar-refractivity contribution in [2.24, 2.45) is 0 Å². The maximum absolute atomic E-state index is 13.9. The number of likely N-dealkylation sites (N-methyl/N-ethyl adjacent to an activating group) is 1. The van der Waals surface area contributed by atoms with Gasteiger partial charge in [0, 0.05) is 51.3 Å². The molecule has 5 nitrogen and oxygen atoms in total. The van der Waals surface area contributed by atoms with Crippen LogP contribution in [-0.2, 0) is 16.2 Å². The Morgan fingerprint density at radius 3 is 2.88 bits per heavy atom. The predicted molar refractivity (Wildman–Crippen MR) is 98.8 cm³/mol. The van der Waals surface area contributed by atoms with E-state index in [1.54, 1.807) is 6.07 Å². The highest BCUT2D eigenvalue weighted by molar-refractivity contribution is 5.76. The zero-order chi connectivity index (χ0) is 18.4. The molecule has 2 heterocycles. The Hall–Kier alpha value is -1.50. The summed E-state index contributed by atoms with van der Waals surface area (Å²) < 4.78 is 13.9. The Morgan fingerprint density at radius 2 is 2.12 bits per heavy atom. The molecule has 0 aromatic heterocycles. The molecule has 0 spiro atoms. The fourth-order valence-corrected chi connectivity index (χ4v) is 3.78. The van der Waals surface area contributed by atoms with E-state index >= 15 is 0 Å². The van der Waals surface area contributed by atoms with Crippen LogP contribution in [0.4, 0.5) is 4.39 Å². The molecule has 1 aromatic carbocycles. The summed E-state index contributed by atoms with van der Waals surface area (Å²) in [6.07, 6.45) is 4.77. The van der Waals surface area contributed by atoms with Crippen LogP contribution in [0.15, 0.2) is 24.3 Å².